The van der Waals surface area contributed by atoms with Gasteiger partial charge in [-0.25, -0.2) is 0 Å². The van der Waals surface area contributed by atoms with Gasteiger partial charge in [0, 0.05) is 19.3 Å². The lowest BCUT2D eigenvalue weighted by Crippen LogP contribution is -2.43. The maximum absolute atomic E-state index is 6.59. The number of methoxy groups -OCH3 is 1. The van der Waals surface area contributed by atoms with E-state index in [0.717, 1.165) is 19.4 Å². The van der Waals surface area contributed by atoms with Crippen LogP contribution in [0.2, 0.25) is 0 Å². The fourth-order valence-electron chi connectivity index (χ4n) is 4.00. The largest absolute Gasteiger partial charge is 0.385 e. The second-order valence-electron chi connectivity index (χ2n) is 7.35. The van der Waals surface area contributed by atoms with Crippen molar-refractivity contribution >= 4 is 0 Å². The lowest BCUT2D eigenvalue weighted by Gasteiger charge is -2.30. The van der Waals surface area contributed by atoms with Crippen LogP contribution in [0, 0.1) is 5.92 Å². The van der Waals surface area contributed by atoms with Gasteiger partial charge in [0.05, 0.1) is 0 Å². The van der Waals surface area contributed by atoms with Gasteiger partial charge in [-0.3, -0.25) is 0 Å². The van der Waals surface area contributed by atoms with Crippen LogP contribution in [0.3, 0.4) is 0 Å². The highest BCUT2D eigenvalue weighted by Crippen LogP contribution is 2.38. The molecule has 2 rings (SSSR count). The first-order valence-corrected chi connectivity index (χ1v) is 9.53. The first-order chi connectivity index (χ1) is 11.2. The van der Waals surface area contributed by atoms with E-state index >= 15 is 0 Å². The zero-order valence-corrected chi connectivity index (χ0v) is 15.2. The molecule has 2 atom stereocenters. The van der Waals surface area contributed by atoms with Crippen molar-refractivity contribution in [3.63, 3.8) is 0 Å². The molecular weight excluding hydrogens is 282 g/mol. The highest BCUT2D eigenvalue weighted by atomic mass is 16.5. The Morgan fingerprint density at radius 2 is 1.78 bits per heavy atom. The summed E-state index contributed by atoms with van der Waals surface area (Å²) in [5.41, 5.74) is 9.61. The molecule has 0 heterocycles. The van der Waals surface area contributed by atoms with Crippen molar-refractivity contribution in [2.45, 2.75) is 76.7 Å². The van der Waals surface area contributed by atoms with Crippen LogP contribution < -0.4 is 5.73 Å². The summed E-state index contributed by atoms with van der Waals surface area (Å²) >= 11 is 0. The number of benzene rings is 1. The molecular formula is C21H35NO. The lowest BCUT2D eigenvalue weighted by atomic mass is 9.81. The van der Waals surface area contributed by atoms with Crippen LogP contribution in [0.4, 0.5) is 0 Å². The van der Waals surface area contributed by atoms with Crippen LogP contribution >= 0.6 is 0 Å². The summed E-state index contributed by atoms with van der Waals surface area (Å²) in [6.07, 6.45) is 12.3. The molecule has 1 aliphatic rings. The SMILES string of the molecule is CC[C@]1(N)CCC[C@@H]1Cc1ccc(CCCCCCOC)cc1. The van der Waals surface area contributed by atoms with Gasteiger partial charge < -0.3 is 10.5 Å². The predicted octanol–water partition coefficient (Wildman–Crippen LogP) is 4.89. The normalized spacial score (nSPS) is 24.2. The van der Waals surface area contributed by atoms with Gasteiger partial charge in [-0.1, -0.05) is 50.5 Å². The summed E-state index contributed by atoms with van der Waals surface area (Å²) in [5.74, 6) is 0.666. The van der Waals surface area contributed by atoms with Gasteiger partial charge in [-0.2, -0.15) is 0 Å². The smallest absolute Gasteiger partial charge is 0.0462 e. The molecule has 1 fully saturated rings. The van der Waals surface area contributed by atoms with Crippen LogP contribution in [-0.2, 0) is 17.6 Å². The summed E-state index contributed by atoms with van der Waals surface area (Å²) in [5, 5.41) is 0. The number of unbranched alkanes of at least 4 members (excludes halogenated alkanes) is 3. The summed E-state index contributed by atoms with van der Waals surface area (Å²) in [4.78, 5) is 0. The molecule has 0 aromatic heterocycles. The van der Waals surface area contributed by atoms with Crippen molar-refractivity contribution < 1.29 is 4.74 Å². The van der Waals surface area contributed by atoms with Gasteiger partial charge in [0.25, 0.3) is 0 Å². The monoisotopic (exact) mass is 317 g/mol. The van der Waals surface area contributed by atoms with Gasteiger partial charge in [0.15, 0.2) is 0 Å². The predicted molar refractivity (Wildman–Crippen MR) is 98.7 cm³/mol. The van der Waals surface area contributed by atoms with Crippen molar-refractivity contribution in [2.24, 2.45) is 11.7 Å². The van der Waals surface area contributed by atoms with E-state index in [1.54, 1.807) is 7.11 Å². The quantitative estimate of drug-likeness (QED) is 0.624. The van der Waals surface area contributed by atoms with Crippen LogP contribution in [-0.4, -0.2) is 19.3 Å². The zero-order valence-electron chi connectivity index (χ0n) is 15.2. The second-order valence-corrected chi connectivity index (χ2v) is 7.35. The Balaban J connectivity index is 1.74. The van der Waals surface area contributed by atoms with E-state index < -0.39 is 0 Å². The van der Waals surface area contributed by atoms with E-state index in [9.17, 15) is 0 Å². The molecule has 0 aliphatic heterocycles. The molecule has 130 valence electrons. The number of hydrogen-bond acceptors (Lipinski definition) is 2. The molecule has 2 nitrogen and oxygen atoms in total. The molecule has 0 radical (unpaired) electrons. The second kappa shape index (κ2) is 9.44. The Hall–Kier alpha value is -0.860. The first kappa shape index (κ1) is 18.5. The zero-order chi connectivity index (χ0) is 16.5. The lowest BCUT2D eigenvalue weighted by molar-refractivity contribution is 0.192. The Bertz CT molecular complexity index is 442. The van der Waals surface area contributed by atoms with Gasteiger partial charge in [0.1, 0.15) is 0 Å². The molecule has 0 spiro atoms. The van der Waals surface area contributed by atoms with Crippen molar-refractivity contribution in [1.29, 1.82) is 0 Å². The van der Waals surface area contributed by atoms with Gasteiger partial charge in [-0.15, -0.1) is 0 Å². The minimum absolute atomic E-state index is 0.0842. The third-order valence-corrected chi connectivity index (χ3v) is 5.74. The number of aryl methyl sites for hydroxylation is 1. The Morgan fingerprint density at radius 3 is 2.48 bits per heavy atom. The van der Waals surface area contributed by atoms with Crippen molar-refractivity contribution in [1.82, 2.24) is 0 Å². The number of ether oxygens (including phenoxy) is 1. The summed E-state index contributed by atoms with van der Waals surface area (Å²) < 4.78 is 5.09. The molecule has 0 saturated heterocycles. The number of nitrogens with two attached hydrogens (primary N) is 1. The first-order valence-electron chi connectivity index (χ1n) is 9.53. The molecule has 0 amide bonds. The number of rotatable bonds is 10. The third-order valence-electron chi connectivity index (χ3n) is 5.74. The van der Waals surface area contributed by atoms with Crippen LogP contribution in [0.5, 0.6) is 0 Å². The molecule has 1 aliphatic carbocycles. The molecule has 0 bridgehead atoms. The van der Waals surface area contributed by atoms with E-state index in [1.807, 2.05) is 0 Å². The van der Waals surface area contributed by atoms with E-state index in [1.165, 1.54) is 62.5 Å². The van der Waals surface area contributed by atoms with Crippen LogP contribution in [0.25, 0.3) is 0 Å². The fraction of sp³-hybridized carbons (Fsp3) is 0.714. The average Bonchev–Trinajstić information content (AvgIpc) is 2.94. The molecule has 23 heavy (non-hydrogen) atoms. The minimum atomic E-state index is 0.0842. The van der Waals surface area contributed by atoms with E-state index in [4.69, 9.17) is 10.5 Å². The van der Waals surface area contributed by atoms with E-state index in [-0.39, 0.29) is 5.54 Å². The summed E-state index contributed by atoms with van der Waals surface area (Å²) in [7, 11) is 1.78. The minimum Gasteiger partial charge on any atom is -0.385 e. The maximum atomic E-state index is 6.59. The molecule has 1 saturated carbocycles. The van der Waals surface area contributed by atoms with Crippen molar-refractivity contribution in [3.8, 4) is 0 Å². The Morgan fingerprint density at radius 1 is 1.09 bits per heavy atom. The van der Waals surface area contributed by atoms with Gasteiger partial charge >= 0.3 is 0 Å². The Labute approximate surface area is 142 Å². The van der Waals surface area contributed by atoms with Crippen LogP contribution in [0.1, 0.15) is 69.4 Å². The maximum Gasteiger partial charge on any atom is 0.0462 e. The molecule has 2 heteroatoms. The van der Waals surface area contributed by atoms with Crippen molar-refractivity contribution in [2.75, 3.05) is 13.7 Å². The van der Waals surface area contributed by atoms with Crippen LogP contribution in [0.15, 0.2) is 24.3 Å². The molecule has 1 aromatic carbocycles. The Kier molecular flexibility index (Phi) is 7.58. The average molecular weight is 318 g/mol. The van der Waals surface area contributed by atoms with Crippen molar-refractivity contribution in [3.05, 3.63) is 35.4 Å². The van der Waals surface area contributed by atoms with E-state index in [0.29, 0.717) is 5.92 Å². The summed E-state index contributed by atoms with van der Waals surface area (Å²) in [6.45, 7) is 3.14. The highest BCUT2D eigenvalue weighted by Gasteiger charge is 2.37. The third kappa shape index (κ3) is 5.61. The molecule has 1 aromatic rings. The van der Waals surface area contributed by atoms with E-state index in [2.05, 4.69) is 31.2 Å². The molecule has 2 N–H and O–H groups in total. The molecule has 0 unspecified atom stereocenters. The number of hydrogen-bond donors (Lipinski definition) is 1. The fourth-order valence-corrected chi connectivity index (χ4v) is 4.00. The van der Waals surface area contributed by atoms with Gasteiger partial charge in [-0.05, 0) is 62.0 Å². The topological polar surface area (TPSA) is 35.2 Å². The van der Waals surface area contributed by atoms with Gasteiger partial charge in [0.2, 0.25) is 0 Å². The standard InChI is InChI=1S/C21H35NO/c1-3-21(22)15-8-10-20(21)17-19-13-11-18(12-14-19)9-6-4-5-7-16-23-2/h11-14,20H,3-10,15-17,22H2,1-2H3/t20-,21+/m1/s1. The summed E-state index contributed by atoms with van der Waals surface area (Å²) in [6, 6.07) is 9.30. The highest BCUT2D eigenvalue weighted by molar-refractivity contribution is 5.24.